The number of hydrogen-bond acceptors (Lipinski definition) is 2. The van der Waals surface area contributed by atoms with Gasteiger partial charge in [-0.15, -0.1) is 0 Å². The highest BCUT2D eigenvalue weighted by Gasteiger charge is 2.18. The van der Waals surface area contributed by atoms with Crippen molar-refractivity contribution in [2.24, 2.45) is 0 Å². The molecule has 0 aliphatic rings. The van der Waals surface area contributed by atoms with Gasteiger partial charge in [-0.3, -0.25) is 9.69 Å². The lowest BCUT2D eigenvalue weighted by Crippen LogP contribution is -2.44. The average molecular weight is 264 g/mol. The summed E-state index contributed by atoms with van der Waals surface area (Å²) < 4.78 is 0. The van der Waals surface area contributed by atoms with Crippen molar-refractivity contribution in [2.45, 2.75) is 33.2 Å². The van der Waals surface area contributed by atoms with Crippen LogP contribution in [0.15, 0.2) is 24.3 Å². The number of rotatable bonds is 5. The van der Waals surface area contributed by atoms with E-state index in [9.17, 15) is 9.59 Å². The lowest BCUT2D eigenvalue weighted by atomic mass is 10.2. The summed E-state index contributed by atoms with van der Waals surface area (Å²) in [5, 5.41) is 11.6. The number of nitrogens with zero attached hydrogens (tertiary/aromatic N) is 1. The van der Waals surface area contributed by atoms with E-state index in [0.29, 0.717) is 0 Å². The zero-order chi connectivity index (χ0) is 14.4. The minimum Gasteiger partial charge on any atom is -0.481 e. The average Bonchev–Trinajstić information content (AvgIpc) is 2.30. The molecule has 2 amide bonds. The Balaban J connectivity index is 2.95. The zero-order valence-electron chi connectivity index (χ0n) is 11.5. The number of urea groups is 1. The number of hydrogen-bond donors (Lipinski definition) is 2. The number of para-hydroxylation sites is 1. The molecule has 0 saturated heterocycles. The molecular formula is C14H20N2O3. The van der Waals surface area contributed by atoms with Crippen molar-refractivity contribution in [1.29, 1.82) is 0 Å². The third-order valence-electron chi connectivity index (χ3n) is 2.61. The second-order valence-corrected chi connectivity index (χ2v) is 4.69. The van der Waals surface area contributed by atoms with Gasteiger partial charge in [-0.25, -0.2) is 4.79 Å². The molecule has 19 heavy (non-hydrogen) atoms. The van der Waals surface area contributed by atoms with Crippen molar-refractivity contribution < 1.29 is 14.7 Å². The van der Waals surface area contributed by atoms with Crippen molar-refractivity contribution in [3.8, 4) is 0 Å². The first kappa shape index (κ1) is 15.0. The Labute approximate surface area is 113 Å². The predicted molar refractivity (Wildman–Crippen MR) is 74.4 cm³/mol. The van der Waals surface area contributed by atoms with Gasteiger partial charge in [0.05, 0.1) is 6.42 Å². The summed E-state index contributed by atoms with van der Waals surface area (Å²) in [4.78, 5) is 24.3. The molecule has 0 bridgehead atoms. The van der Waals surface area contributed by atoms with Crippen LogP contribution < -0.4 is 10.2 Å². The molecule has 0 aromatic heterocycles. The van der Waals surface area contributed by atoms with Gasteiger partial charge in [-0.2, -0.15) is 0 Å². The van der Waals surface area contributed by atoms with Crippen LogP contribution in [0, 0.1) is 6.92 Å². The van der Waals surface area contributed by atoms with Gasteiger partial charge < -0.3 is 10.4 Å². The Morgan fingerprint density at radius 3 is 2.47 bits per heavy atom. The standard InChI is InChI=1S/C14H20N2O3/c1-10(2)15-14(19)16(9-8-13(17)18)12-7-5-4-6-11(12)3/h4-7,10H,8-9H2,1-3H3,(H,15,19)(H,17,18). The minimum absolute atomic E-state index is 0.00356. The molecule has 0 radical (unpaired) electrons. The molecule has 104 valence electrons. The van der Waals surface area contributed by atoms with Gasteiger partial charge >= 0.3 is 12.0 Å². The van der Waals surface area contributed by atoms with E-state index in [1.807, 2.05) is 45.0 Å². The van der Waals surface area contributed by atoms with Gasteiger partial charge in [-0.1, -0.05) is 18.2 Å². The van der Waals surface area contributed by atoms with Crippen LogP contribution in [0.25, 0.3) is 0 Å². The molecule has 0 aliphatic carbocycles. The Kier molecular flexibility index (Phi) is 5.36. The highest BCUT2D eigenvalue weighted by molar-refractivity contribution is 5.93. The fourth-order valence-corrected chi connectivity index (χ4v) is 1.73. The molecule has 5 nitrogen and oxygen atoms in total. The Bertz CT molecular complexity index is 458. The predicted octanol–water partition coefficient (Wildman–Crippen LogP) is 2.39. The SMILES string of the molecule is Cc1ccccc1N(CCC(=O)O)C(=O)NC(C)C. The zero-order valence-corrected chi connectivity index (χ0v) is 11.5. The van der Waals surface area contributed by atoms with Crippen molar-refractivity contribution >= 4 is 17.7 Å². The van der Waals surface area contributed by atoms with Gasteiger partial charge in [0.1, 0.15) is 0 Å². The number of benzene rings is 1. The van der Waals surface area contributed by atoms with E-state index >= 15 is 0 Å². The van der Waals surface area contributed by atoms with E-state index in [2.05, 4.69) is 5.32 Å². The fourth-order valence-electron chi connectivity index (χ4n) is 1.73. The van der Waals surface area contributed by atoms with Gasteiger partial charge in [0, 0.05) is 18.3 Å². The van der Waals surface area contributed by atoms with Gasteiger partial charge in [0.2, 0.25) is 0 Å². The minimum atomic E-state index is -0.920. The first-order valence-electron chi connectivity index (χ1n) is 6.27. The second kappa shape index (κ2) is 6.78. The monoisotopic (exact) mass is 264 g/mol. The number of aryl methyl sites for hydroxylation is 1. The van der Waals surface area contributed by atoms with Crippen molar-refractivity contribution in [2.75, 3.05) is 11.4 Å². The van der Waals surface area contributed by atoms with Crippen LogP contribution in [-0.2, 0) is 4.79 Å². The highest BCUT2D eigenvalue weighted by atomic mass is 16.4. The number of amides is 2. The molecule has 0 aliphatic heterocycles. The Morgan fingerprint density at radius 1 is 1.32 bits per heavy atom. The summed E-state index contributed by atoms with van der Waals surface area (Å²) in [6.45, 7) is 5.78. The van der Waals surface area contributed by atoms with Crippen molar-refractivity contribution in [3.05, 3.63) is 29.8 Å². The molecule has 2 N–H and O–H groups in total. The van der Waals surface area contributed by atoms with E-state index in [1.165, 1.54) is 4.90 Å². The summed E-state index contributed by atoms with van der Waals surface area (Å²) in [5.74, 6) is -0.920. The maximum absolute atomic E-state index is 12.1. The first-order chi connectivity index (χ1) is 8.91. The molecule has 1 rings (SSSR count). The summed E-state index contributed by atoms with van der Waals surface area (Å²) >= 11 is 0. The van der Waals surface area contributed by atoms with Crippen LogP contribution in [-0.4, -0.2) is 29.7 Å². The highest BCUT2D eigenvalue weighted by Crippen LogP contribution is 2.19. The van der Waals surface area contributed by atoms with Crippen LogP contribution in [0.5, 0.6) is 0 Å². The summed E-state index contributed by atoms with van der Waals surface area (Å²) in [6.07, 6.45) is -0.0835. The number of carbonyl (C=O) groups is 2. The number of aliphatic carboxylic acids is 1. The van der Waals surface area contributed by atoms with Gasteiger partial charge in [-0.05, 0) is 32.4 Å². The first-order valence-corrected chi connectivity index (χ1v) is 6.27. The van der Waals surface area contributed by atoms with Crippen molar-refractivity contribution in [1.82, 2.24) is 5.32 Å². The van der Waals surface area contributed by atoms with E-state index < -0.39 is 5.97 Å². The molecule has 0 unspecified atom stereocenters. The number of nitrogens with one attached hydrogen (secondary N) is 1. The molecule has 1 aromatic carbocycles. The van der Waals surface area contributed by atoms with Gasteiger partial charge in [0.15, 0.2) is 0 Å². The van der Waals surface area contributed by atoms with Crippen LogP contribution in [0.4, 0.5) is 10.5 Å². The summed E-state index contributed by atoms with van der Waals surface area (Å²) in [5.41, 5.74) is 1.67. The van der Waals surface area contributed by atoms with Crippen LogP contribution >= 0.6 is 0 Å². The maximum Gasteiger partial charge on any atom is 0.322 e. The Morgan fingerprint density at radius 2 is 1.95 bits per heavy atom. The molecular weight excluding hydrogens is 244 g/mol. The van der Waals surface area contributed by atoms with Gasteiger partial charge in [0.25, 0.3) is 0 Å². The van der Waals surface area contributed by atoms with Crippen LogP contribution in [0.2, 0.25) is 0 Å². The van der Waals surface area contributed by atoms with E-state index in [-0.39, 0.29) is 25.0 Å². The molecule has 0 atom stereocenters. The quantitative estimate of drug-likeness (QED) is 0.858. The lowest BCUT2D eigenvalue weighted by Gasteiger charge is -2.25. The third kappa shape index (κ3) is 4.62. The third-order valence-corrected chi connectivity index (χ3v) is 2.61. The molecule has 5 heteroatoms. The smallest absolute Gasteiger partial charge is 0.322 e. The van der Waals surface area contributed by atoms with Crippen LogP contribution in [0.1, 0.15) is 25.8 Å². The van der Waals surface area contributed by atoms with E-state index in [1.54, 1.807) is 0 Å². The fraction of sp³-hybridized carbons (Fsp3) is 0.429. The van der Waals surface area contributed by atoms with Crippen LogP contribution in [0.3, 0.4) is 0 Å². The molecule has 0 fully saturated rings. The maximum atomic E-state index is 12.1. The summed E-state index contributed by atoms with van der Waals surface area (Å²) in [7, 11) is 0. The number of carbonyl (C=O) groups excluding carboxylic acids is 1. The topological polar surface area (TPSA) is 69.6 Å². The number of carboxylic acids is 1. The molecule has 0 saturated carbocycles. The summed E-state index contributed by atoms with van der Waals surface area (Å²) in [6, 6.07) is 7.16. The second-order valence-electron chi connectivity index (χ2n) is 4.69. The molecule has 0 heterocycles. The number of anilines is 1. The van der Waals surface area contributed by atoms with Crippen molar-refractivity contribution in [3.63, 3.8) is 0 Å². The number of carboxylic acid groups (broad SMARTS) is 1. The largest absolute Gasteiger partial charge is 0.481 e. The Hall–Kier alpha value is -2.04. The molecule has 1 aromatic rings. The van der Waals surface area contributed by atoms with E-state index in [4.69, 9.17) is 5.11 Å². The normalized spacial score (nSPS) is 10.3. The molecule has 0 spiro atoms. The van der Waals surface area contributed by atoms with E-state index in [0.717, 1.165) is 11.3 Å². The lowest BCUT2D eigenvalue weighted by molar-refractivity contribution is -0.136.